The van der Waals surface area contributed by atoms with Gasteiger partial charge in [0.25, 0.3) is 0 Å². The Hall–Kier alpha value is -2.43. The predicted molar refractivity (Wildman–Crippen MR) is 120 cm³/mol. The second-order valence-electron chi connectivity index (χ2n) is 7.53. The van der Waals surface area contributed by atoms with Crippen molar-refractivity contribution < 1.29 is 28.2 Å². The van der Waals surface area contributed by atoms with E-state index >= 15 is 0 Å². The van der Waals surface area contributed by atoms with Crippen LogP contribution in [-0.2, 0) is 16.1 Å². The van der Waals surface area contributed by atoms with Gasteiger partial charge in [0, 0.05) is 16.4 Å². The van der Waals surface area contributed by atoms with Gasteiger partial charge in [-0.2, -0.15) is 0 Å². The van der Waals surface area contributed by atoms with E-state index in [4.69, 9.17) is 4.74 Å². The van der Waals surface area contributed by atoms with Crippen molar-refractivity contribution in [2.24, 2.45) is 5.92 Å². The number of aromatic hydroxyl groups is 1. The number of phenols is 1. The lowest BCUT2D eigenvalue weighted by molar-refractivity contribution is -0.121. The van der Waals surface area contributed by atoms with Crippen LogP contribution in [0, 0.1) is 9.49 Å². The molecule has 3 N–H and O–H groups in total. The Kier molecular flexibility index (Phi) is 7.69. The minimum atomic E-state index is -2.76. The first-order valence-corrected chi connectivity index (χ1v) is 11.0. The first-order valence-electron chi connectivity index (χ1n) is 9.88. The van der Waals surface area contributed by atoms with E-state index < -0.39 is 29.9 Å². The number of halogens is 3. The van der Waals surface area contributed by atoms with Crippen LogP contribution in [0.25, 0.3) is 0 Å². The number of hydrogen-bond acceptors (Lipinski definition) is 4. The molecule has 1 saturated carbocycles. The predicted octanol–water partition coefficient (Wildman–Crippen LogP) is 5.06. The molecule has 6 nitrogen and oxygen atoms in total. The highest BCUT2D eigenvalue weighted by atomic mass is 127. The van der Waals surface area contributed by atoms with E-state index in [1.54, 1.807) is 24.3 Å². The molecule has 0 radical (unpaired) electrons. The SMILES string of the molecule is O=C(NC(C(=O)Nc1cc(I)ccc1O)C1CCC(F)(F)CC1)OCc1ccccc1. The van der Waals surface area contributed by atoms with Gasteiger partial charge in [-0.15, -0.1) is 0 Å². The van der Waals surface area contributed by atoms with Gasteiger partial charge in [0.15, 0.2) is 0 Å². The van der Waals surface area contributed by atoms with E-state index in [2.05, 4.69) is 10.6 Å². The minimum Gasteiger partial charge on any atom is -0.506 e. The third kappa shape index (κ3) is 6.78. The topological polar surface area (TPSA) is 87.7 Å². The molecule has 0 aromatic heterocycles. The first kappa shape index (κ1) is 23.2. The fraction of sp³-hybridized carbons (Fsp3) is 0.364. The van der Waals surface area contributed by atoms with Gasteiger partial charge in [0.2, 0.25) is 11.8 Å². The summed E-state index contributed by atoms with van der Waals surface area (Å²) in [6.07, 6.45) is -1.34. The summed E-state index contributed by atoms with van der Waals surface area (Å²) in [5, 5.41) is 15.1. The molecule has 1 aliphatic carbocycles. The van der Waals surface area contributed by atoms with Crippen molar-refractivity contribution in [2.75, 3.05) is 5.32 Å². The number of anilines is 1. The minimum absolute atomic E-state index is 0.0153. The van der Waals surface area contributed by atoms with E-state index in [9.17, 15) is 23.5 Å². The first-order chi connectivity index (χ1) is 14.7. The summed E-state index contributed by atoms with van der Waals surface area (Å²) in [6, 6.07) is 12.7. The Morgan fingerprint density at radius 3 is 2.52 bits per heavy atom. The second kappa shape index (κ2) is 10.3. The highest BCUT2D eigenvalue weighted by Gasteiger charge is 2.40. The van der Waals surface area contributed by atoms with Crippen LogP contribution in [0.15, 0.2) is 48.5 Å². The van der Waals surface area contributed by atoms with Crippen LogP contribution in [0.2, 0.25) is 0 Å². The smallest absolute Gasteiger partial charge is 0.408 e. The van der Waals surface area contributed by atoms with E-state index in [0.717, 1.165) is 9.13 Å². The normalized spacial score (nSPS) is 16.9. The highest BCUT2D eigenvalue weighted by molar-refractivity contribution is 14.1. The van der Waals surface area contributed by atoms with Crippen LogP contribution in [-0.4, -0.2) is 29.1 Å². The van der Waals surface area contributed by atoms with Crippen molar-refractivity contribution in [3.05, 3.63) is 57.7 Å². The summed E-state index contributed by atoms with van der Waals surface area (Å²) >= 11 is 2.03. The number of carbonyl (C=O) groups is 2. The van der Waals surface area contributed by atoms with Gasteiger partial charge in [-0.3, -0.25) is 4.79 Å². The second-order valence-corrected chi connectivity index (χ2v) is 8.77. The summed E-state index contributed by atoms with van der Waals surface area (Å²) in [7, 11) is 0. The monoisotopic (exact) mass is 544 g/mol. The van der Waals surface area contributed by atoms with E-state index in [-0.39, 0.29) is 43.7 Å². The molecular weight excluding hydrogens is 521 g/mol. The Bertz CT molecular complexity index is 917. The molecule has 1 fully saturated rings. The van der Waals surface area contributed by atoms with E-state index in [1.165, 1.54) is 6.07 Å². The zero-order valence-electron chi connectivity index (χ0n) is 16.6. The molecule has 2 aromatic rings. The van der Waals surface area contributed by atoms with Crippen LogP contribution < -0.4 is 10.6 Å². The Morgan fingerprint density at radius 1 is 1.16 bits per heavy atom. The van der Waals surface area contributed by atoms with Crippen LogP contribution in [0.1, 0.15) is 31.2 Å². The number of nitrogens with one attached hydrogen (secondary N) is 2. The molecule has 1 atom stereocenters. The summed E-state index contributed by atoms with van der Waals surface area (Å²) in [5.41, 5.74) is 0.960. The maximum Gasteiger partial charge on any atom is 0.408 e. The molecule has 2 amide bonds. The molecule has 166 valence electrons. The zero-order valence-corrected chi connectivity index (χ0v) is 18.8. The average Bonchev–Trinajstić information content (AvgIpc) is 2.74. The Balaban J connectivity index is 1.70. The largest absolute Gasteiger partial charge is 0.506 e. The fourth-order valence-electron chi connectivity index (χ4n) is 3.50. The van der Waals surface area contributed by atoms with Crippen LogP contribution in [0.5, 0.6) is 5.75 Å². The van der Waals surface area contributed by atoms with E-state index in [1.807, 2.05) is 40.8 Å². The summed E-state index contributed by atoms with van der Waals surface area (Å²) in [5.74, 6) is -3.97. The number of phenolic OH excluding ortho intramolecular Hbond substituents is 1. The van der Waals surface area contributed by atoms with Crippen LogP contribution in [0.3, 0.4) is 0 Å². The Morgan fingerprint density at radius 2 is 1.84 bits per heavy atom. The molecule has 0 spiro atoms. The molecule has 0 bridgehead atoms. The van der Waals surface area contributed by atoms with Crippen molar-refractivity contribution >= 4 is 40.3 Å². The molecule has 0 heterocycles. The van der Waals surface area contributed by atoms with Crippen molar-refractivity contribution in [3.63, 3.8) is 0 Å². The summed E-state index contributed by atoms with van der Waals surface area (Å²) in [6.45, 7) is 0.0153. The lowest BCUT2D eigenvalue weighted by atomic mass is 9.81. The third-order valence-corrected chi connectivity index (χ3v) is 5.89. The van der Waals surface area contributed by atoms with Gasteiger partial charge >= 0.3 is 6.09 Å². The molecule has 3 rings (SSSR count). The number of alkyl halides is 2. The number of ether oxygens (including phenoxy) is 1. The Labute approximate surface area is 192 Å². The van der Waals surface area contributed by atoms with Crippen LogP contribution >= 0.6 is 22.6 Å². The lowest BCUT2D eigenvalue weighted by Crippen LogP contribution is -2.50. The summed E-state index contributed by atoms with van der Waals surface area (Å²) in [4.78, 5) is 25.3. The van der Waals surface area contributed by atoms with Crippen molar-refractivity contribution in [2.45, 2.75) is 44.3 Å². The lowest BCUT2D eigenvalue weighted by Gasteiger charge is -2.33. The number of hydrogen-bond donors (Lipinski definition) is 3. The molecular formula is C22H23F2IN2O4. The van der Waals surface area contributed by atoms with Gasteiger partial charge in [-0.25, -0.2) is 13.6 Å². The maximum absolute atomic E-state index is 13.6. The summed E-state index contributed by atoms with van der Waals surface area (Å²) < 4.78 is 33.2. The molecule has 0 aliphatic heterocycles. The number of rotatable bonds is 6. The van der Waals surface area contributed by atoms with Crippen molar-refractivity contribution in [1.82, 2.24) is 5.32 Å². The quantitative estimate of drug-likeness (QED) is 0.351. The molecule has 9 heteroatoms. The molecule has 1 unspecified atom stereocenters. The van der Waals surface area contributed by atoms with E-state index in [0.29, 0.717) is 0 Å². The molecule has 31 heavy (non-hydrogen) atoms. The standard InChI is InChI=1S/C22H23F2IN2O4/c23-22(24)10-8-15(9-11-22)19(20(29)26-17-12-16(25)6-7-18(17)28)27-21(30)31-13-14-4-2-1-3-5-14/h1-7,12,15,19,28H,8-11,13H2,(H,26,29)(H,27,30). The highest BCUT2D eigenvalue weighted by Crippen LogP contribution is 2.38. The number of benzene rings is 2. The fourth-order valence-corrected chi connectivity index (χ4v) is 4.00. The average molecular weight is 544 g/mol. The third-order valence-electron chi connectivity index (χ3n) is 5.22. The number of alkyl carbamates (subject to hydrolysis) is 1. The molecule has 0 saturated heterocycles. The maximum atomic E-state index is 13.6. The number of amides is 2. The van der Waals surface area contributed by atoms with Crippen molar-refractivity contribution in [1.29, 1.82) is 0 Å². The van der Waals surface area contributed by atoms with Gasteiger partial charge in [-0.1, -0.05) is 30.3 Å². The zero-order chi connectivity index (χ0) is 22.4. The molecule has 1 aliphatic rings. The van der Waals surface area contributed by atoms with Crippen LogP contribution in [0.4, 0.5) is 19.3 Å². The van der Waals surface area contributed by atoms with Gasteiger partial charge in [-0.05, 0) is 65.1 Å². The van der Waals surface area contributed by atoms with Crippen molar-refractivity contribution in [3.8, 4) is 5.75 Å². The number of carbonyl (C=O) groups excluding carboxylic acids is 2. The van der Waals surface area contributed by atoms with Gasteiger partial charge in [0.1, 0.15) is 18.4 Å². The van der Waals surface area contributed by atoms with Gasteiger partial charge < -0.3 is 20.5 Å². The molecule has 2 aromatic carbocycles. The van der Waals surface area contributed by atoms with Gasteiger partial charge in [0.05, 0.1) is 5.69 Å².